The molecule has 0 aliphatic heterocycles. The average Bonchev–Trinajstić information content (AvgIpc) is 2.70. The first-order valence-electron chi connectivity index (χ1n) is 4.85. The van der Waals surface area contributed by atoms with Crippen molar-refractivity contribution in [2.24, 2.45) is 0 Å². The van der Waals surface area contributed by atoms with E-state index in [1.807, 2.05) is 12.1 Å². The molecule has 1 aromatic carbocycles. The Hall–Kier alpha value is -1.29. The molecule has 4 heteroatoms. The number of carbonyl (C=O) groups excluding carboxylic acids is 1. The molecular weight excluding hydrogens is 272 g/mol. The van der Waals surface area contributed by atoms with E-state index in [1.54, 1.807) is 20.3 Å². The summed E-state index contributed by atoms with van der Waals surface area (Å²) in [6.07, 6.45) is 1.99. The molecule has 0 unspecified atom stereocenters. The number of hydrogen-bond donors (Lipinski definition) is 0. The molecular formula is C12H11BrO3. The maximum absolute atomic E-state index is 11.2. The van der Waals surface area contributed by atoms with Crippen LogP contribution in [0.25, 0.3) is 11.0 Å². The van der Waals surface area contributed by atoms with Crippen LogP contribution in [0, 0.1) is 0 Å². The summed E-state index contributed by atoms with van der Waals surface area (Å²) in [6.45, 7) is 1.57. The van der Waals surface area contributed by atoms with E-state index >= 15 is 0 Å². The van der Waals surface area contributed by atoms with Crippen molar-refractivity contribution in [3.8, 4) is 5.75 Å². The Morgan fingerprint density at radius 2 is 2.31 bits per heavy atom. The van der Waals surface area contributed by atoms with E-state index in [-0.39, 0.29) is 5.78 Å². The molecule has 16 heavy (non-hydrogen) atoms. The van der Waals surface area contributed by atoms with Gasteiger partial charge in [-0.2, -0.15) is 0 Å². The van der Waals surface area contributed by atoms with Gasteiger partial charge in [0.25, 0.3) is 0 Å². The number of benzene rings is 1. The molecule has 3 nitrogen and oxygen atoms in total. The van der Waals surface area contributed by atoms with E-state index in [9.17, 15) is 4.79 Å². The maximum atomic E-state index is 11.2. The van der Waals surface area contributed by atoms with Gasteiger partial charge in [-0.3, -0.25) is 4.79 Å². The summed E-state index contributed by atoms with van der Waals surface area (Å²) >= 11 is 3.49. The van der Waals surface area contributed by atoms with Crippen molar-refractivity contribution in [1.29, 1.82) is 0 Å². The summed E-state index contributed by atoms with van der Waals surface area (Å²) < 4.78 is 11.5. The molecule has 0 radical (unpaired) electrons. The molecule has 2 rings (SSSR count). The number of furan rings is 1. The fourth-order valence-corrected chi connectivity index (χ4v) is 2.25. The van der Waals surface area contributed by atoms with Crippen molar-refractivity contribution >= 4 is 32.7 Å². The van der Waals surface area contributed by atoms with E-state index in [4.69, 9.17) is 9.15 Å². The van der Waals surface area contributed by atoms with E-state index in [2.05, 4.69) is 15.9 Å². The van der Waals surface area contributed by atoms with E-state index < -0.39 is 0 Å². The van der Waals surface area contributed by atoms with E-state index in [0.717, 1.165) is 15.4 Å². The van der Waals surface area contributed by atoms with Crippen molar-refractivity contribution in [3.63, 3.8) is 0 Å². The van der Waals surface area contributed by atoms with Crippen LogP contribution < -0.4 is 4.74 Å². The highest BCUT2D eigenvalue weighted by molar-refractivity contribution is 9.10. The first-order chi connectivity index (χ1) is 7.63. The number of rotatable bonds is 3. The molecule has 0 aliphatic carbocycles. The predicted molar refractivity (Wildman–Crippen MR) is 64.9 cm³/mol. The van der Waals surface area contributed by atoms with Crippen LogP contribution in [-0.2, 0) is 11.2 Å². The quantitative estimate of drug-likeness (QED) is 0.867. The molecule has 84 valence electrons. The smallest absolute Gasteiger partial charge is 0.176 e. The maximum Gasteiger partial charge on any atom is 0.176 e. The van der Waals surface area contributed by atoms with Gasteiger partial charge >= 0.3 is 0 Å². The van der Waals surface area contributed by atoms with Crippen LogP contribution in [0.2, 0.25) is 0 Å². The van der Waals surface area contributed by atoms with Gasteiger partial charge in [-0.25, -0.2) is 0 Å². The van der Waals surface area contributed by atoms with Crippen LogP contribution in [0.15, 0.2) is 27.3 Å². The Bertz CT molecular complexity index is 542. The standard InChI is InChI=1S/C12H11BrO3/c1-7(14)5-8-6-10(15-2)12-9(11(8)13)3-4-16-12/h3-4,6H,5H2,1-2H3. The van der Waals surface area contributed by atoms with Gasteiger partial charge in [0.2, 0.25) is 0 Å². The fraction of sp³-hybridized carbons (Fsp3) is 0.250. The van der Waals surface area contributed by atoms with Gasteiger partial charge in [-0.1, -0.05) is 0 Å². The van der Waals surface area contributed by atoms with Crippen LogP contribution in [0.3, 0.4) is 0 Å². The Balaban J connectivity index is 2.65. The first-order valence-corrected chi connectivity index (χ1v) is 5.64. The van der Waals surface area contributed by atoms with Gasteiger partial charge in [-0.15, -0.1) is 0 Å². The summed E-state index contributed by atoms with van der Waals surface area (Å²) in [6, 6.07) is 3.68. The zero-order chi connectivity index (χ0) is 11.7. The molecule has 0 N–H and O–H groups in total. The van der Waals surface area contributed by atoms with E-state index in [0.29, 0.717) is 17.8 Å². The van der Waals surface area contributed by atoms with Crippen molar-refractivity contribution in [2.75, 3.05) is 7.11 Å². The molecule has 0 atom stereocenters. The number of fused-ring (bicyclic) bond motifs is 1. The van der Waals surface area contributed by atoms with Crippen LogP contribution in [0.5, 0.6) is 5.75 Å². The number of carbonyl (C=O) groups is 1. The highest BCUT2D eigenvalue weighted by Gasteiger charge is 2.14. The Labute approximate surface area is 102 Å². The van der Waals surface area contributed by atoms with Gasteiger partial charge in [0.1, 0.15) is 5.78 Å². The summed E-state index contributed by atoms with van der Waals surface area (Å²) in [7, 11) is 1.59. The van der Waals surface area contributed by atoms with Crippen LogP contribution in [0.1, 0.15) is 12.5 Å². The lowest BCUT2D eigenvalue weighted by Crippen LogP contribution is -1.98. The normalized spacial score (nSPS) is 10.7. The van der Waals surface area contributed by atoms with Crippen molar-refractivity contribution in [2.45, 2.75) is 13.3 Å². The molecule has 0 saturated carbocycles. The lowest BCUT2D eigenvalue weighted by molar-refractivity contribution is -0.116. The Morgan fingerprint density at radius 1 is 1.56 bits per heavy atom. The van der Waals surface area contributed by atoms with E-state index in [1.165, 1.54) is 0 Å². The van der Waals surface area contributed by atoms with Gasteiger partial charge in [-0.05, 0) is 40.5 Å². The molecule has 1 heterocycles. The van der Waals surface area contributed by atoms with Gasteiger partial charge in [0, 0.05) is 16.3 Å². The molecule has 0 saturated heterocycles. The topological polar surface area (TPSA) is 39.4 Å². The molecule has 1 aromatic heterocycles. The van der Waals surface area contributed by atoms with Crippen molar-refractivity contribution in [1.82, 2.24) is 0 Å². The molecule has 0 bridgehead atoms. The Morgan fingerprint density at radius 3 is 2.94 bits per heavy atom. The number of Topliss-reactive ketones (excluding diaryl/α,β-unsaturated/α-hetero) is 1. The molecule has 0 spiro atoms. The summed E-state index contributed by atoms with van der Waals surface area (Å²) in [4.78, 5) is 11.2. The average molecular weight is 283 g/mol. The summed E-state index contributed by atoms with van der Waals surface area (Å²) in [5.41, 5.74) is 1.61. The monoisotopic (exact) mass is 282 g/mol. The number of hydrogen-bond acceptors (Lipinski definition) is 3. The lowest BCUT2D eigenvalue weighted by Gasteiger charge is -2.07. The fourth-order valence-electron chi connectivity index (χ4n) is 1.68. The molecule has 2 aromatic rings. The van der Waals surface area contributed by atoms with Gasteiger partial charge in [0.15, 0.2) is 11.3 Å². The highest BCUT2D eigenvalue weighted by atomic mass is 79.9. The number of halogens is 1. The van der Waals surface area contributed by atoms with Gasteiger partial charge in [0.05, 0.1) is 13.4 Å². The third-order valence-corrected chi connectivity index (χ3v) is 3.31. The second-order valence-electron chi connectivity index (χ2n) is 3.59. The minimum atomic E-state index is 0.116. The van der Waals surface area contributed by atoms with Crippen LogP contribution >= 0.6 is 15.9 Å². The number of ketones is 1. The summed E-state index contributed by atoms with van der Waals surface area (Å²) in [5, 5.41) is 0.926. The lowest BCUT2D eigenvalue weighted by atomic mass is 10.1. The van der Waals surface area contributed by atoms with Crippen LogP contribution in [-0.4, -0.2) is 12.9 Å². The zero-order valence-electron chi connectivity index (χ0n) is 9.04. The van der Waals surface area contributed by atoms with Gasteiger partial charge < -0.3 is 9.15 Å². The Kier molecular flexibility index (Phi) is 3.01. The highest BCUT2D eigenvalue weighted by Crippen LogP contribution is 2.35. The SMILES string of the molecule is COc1cc(CC(C)=O)c(Br)c2ccoc12. The molecule has 0 aliphatic rings. The summed E-state index contributed by atoms with van der Waals surface area (Å²) in [5.74, 6) is 0.769. The molecule has 0 fully saturated rings. The second kappa shape index (κ2) is 4.29. The largest absolute Gasteiger partial charge is 0.493 e. The minimum absolute atomic E-state index is 0.116. The zero-order valence-corrected chi connectivity index (χ0v) is 10.6. The third kappa shape index (κ3) is 1.85. The molecule has 0 amide bonds. The first kappa shape index (κ1) is 11.2. The minimum Gasteiger partial charge on any atom is -0.493 e. The van der Waals surface area contributed by atoms with Crippen LogP contribution in [0.4, 0.5) is 0 Å². The number of methoxy groups -OCH3 is 1. The number of ether oxygens (including phenoxy) is 1. The predicted octanol–water partition coefficient (Wildman–Crippen LogP) is 3.34. The van der Waals surface area contributed by atoms with Crippen molar-refractivity contribution in [3.05, 3.63) is 28.4 Å². The third-order valence-electron chi connectivity index (χ3n) is 2.37. The van der Waals surface area contributed by atoms with Crippen molar-refractivity contribution < 1.29 is 13.9 Å². The second-order valence-corrected chi connectivity index (χ2v) is 4.39.